The molecule has 2 aliphatic rings. The second-order valence-electron chi connectivity index (χ2n) is 9.54. The van der Waals surface area contributed by atoms with Crippen molar-refractivity contribution in [2.45, 2.75) is 22.8 Å². The van der Waals surface area contributed by atoms with Crippen LogP contribution in [0.25, 0.3) is 11.1 Å². The maximum atomic E-state index is 13.2. The third-order valence-electron chi connectivity index (χ3n) is 7.04. The zero-order chi connectivity index (χ0) is 26.8. The number of hydrogen-bond acceptors (Lipinski definition) is 6. The van der Waals surface area contributed by atoms with Crippen molar-refractivity contribution in [1.82, 2.24) is 9.62 Å². The molecule has 2 N–H and O–H groups in total. The number of sulfonamides is 1. The van der Waals surface area contributed by atoms with Gasteiger partial charge in [0.1, 0.15) is 17.9 Å². The average molecular weight is 557 g/mol. The first-order chi connectivity index (χ1) is 18.3. The molecular formula is C28H29ClN2O6S. The molecule has 8 nitrogen and oxygen atoms in total. The Bertz CT molecular complexity index is 1390. The molecule has 0 spiro atoms. The standard InChI is InChI=1S/C28H29ClN2O6S/c29-23-8-4-20(5-9-23)21-6-10-25(11-7-21)38(34,35)30-28(27(32)33)19-26(28)22-2-1-3-24(18-22)37-17-14-31-12-15-36-16-13-31/h1-11,18,26,30H,12-17,19H2,(H,32,33)/t26-,28+/m0/s1. The van der Waals surface area contributed by atoms with Gasteiger partial charge in [-0.3, -0.25) is 9.69 Å². The highest BCUT2D eigenvalue weighted by atomic mass is 35.5. The molecule has 3 aromatic carbocycles. The maximum absolute atomic E-state index is 13.2. The van der Waals surface area contributed by atoms with E-state index in [4.69, 9.17) is 21.1 Å². The molecule has 1 aliphatic carbocycles. The number of benzene rings is 3. The first-order valence-electron chi connectivity index (χ1n) is 12.4. The van der Waals surface area contributed by atoms with Gasteiger partial charge < -0.3 is 14.6 Å². The number of rotatable bonds is 10. The summed E-state index contributed by atoms with van der Waals surface area (Å²) < 4.78 is 40.1. The van der Waals surface area contributed by atoms with Gasteiger partial charge in [-0.05, 0) is 59.5 Å². The Morgan fingerprint density at radius 1 is 1.05 bits per heavy atom. The van der Waals surface area contributed by atoms with Gasteiger partial charge in [-0.15, -0.1) is 0 Å². The predicted molar refractivity (Wildman–Crippen MR) is 144 cm³/mol. The third-order valence-corrected chi connectivity index (χ3v) is 8.82. The smallest absolute Gasteiger partial charge is 0.325 e. The fourth-order valence-corrected chi connectivity index (χ4v) is 6.29. The highest BCUT2D eigenvalue weighted by Gasteiger charge is 2.63. The van der Waals surface area contributed by atoms with Crippen LogP contribution in [0.1, 0.15) is 17.9 Å². The Morgan fingerprint density at radius 3 is 2.37 bits per heavy atom. The van der Waals surface area contributed by atoms with Crippen molar-refractivity contribution in [2.24, 2.45) is 0 Å². The first-order valence-corrected chi connectivity index (χ1v) is 14.3. The number of carboxylic acid groups (broad SMARTS) is 1. The highest BCUT2D eigenvalue weighted by molar-refractivity contribution is 7.89. The number of nitrogens with one attached hydrogen (secondary N) is 1. The second kappa shape index (κ2) is 11.0. The lowest BCUT2D eigenvalue weighted by Gasteiger charge is -2.26. The van der Waals surface area contributed by atoms with E-state index < -0.39 is 27.4 Å². The number of nitrogens with zero attached hydrogens (tertiary/aromatic N) is 1. The molecule has 0 radical (unpaired) electrons. The van der Waals surface area contributed by atoms with Crippen molar-refractivity contribution in [3.63, 3.8) is 0 Å². The van der Waals surface area contributed by atoms with Crippen molar-refractivity contribution in [3.8, 4) is 16.9 Å². The molecule has 0 bridgehead atoms. The quantitative estimate of drug-likeness (QED) is 0.389. The summed E-state index contributed by atoms with van der Waals surface area (Å²) in [5.41, 5.74) is 0.822. The molecule has 5 rings (SSSR count). The van der Waals surface area contributed by atoms with Gasteiger partial charge in [0.25, 0.3) is 0 Å². The van der Waals surface area contributed by atoms with E-state index in [0.717, 1.165) is 49.5 Å². The molecule has 0 unspecified atom stereocenters. The van der Waals surface area contributed by atoms with Crippen LogP contribution in [0.4, 0.5) is 0 Å². The summed E-state index contributed by atoms with van der Waals surface area (Å²) in [6.45, 7) is 4.45. The van der Waals surface area contributed by atoms with E-state index in [1.165, 1.54) is 12.1 Å². The summed E-state index contributed by atoms with van der Waals surface area (Å²) in [4.78, 5) is 14.6. The monoisotopic (exact) mass is 556 g/mol. The molecular weight excluding hydrogens is 528 g/mol. The minimum absolute atomic E-state index is 0.00156. The molecule has 2 fully saturated rings. The minimum Gasteiger partial charge on any atom is -0.492 e. The summed E-state index contributed by atoms with van der Waals surface area (Å²) in [7, 11) is -4.08. The largest absolute Gasteiger partial charge is 0.492 e. The van der Waals surface area contributed by atoms with E-state index in [9.17, 15) is 18.3 Å². The normalized spacial score (nSPS) is 21.7. The van der Waals surface area contributed by atoms with E-state index in [-0.39, 0.29) is 11.3 Å². The molecule has 10 heteroatoms. The number of aliphatic carboxylic acids is 1. The molecule has 0 aromatic heterocycles. The lowest BCUT2D eigenvalue weighted by Crippen LogP contribution is -2.44. The van der Waals surface area contributed by atoms with Crippen LogP contribution in [0.5, 0.6) is 5.75 Å². The summed E-state index contributed by atoms with van der Waals surface area (Å²) in [6.07, 6.45) is 0.154. The van der Waals surface area contributed by atoms with Crippen LogP contribution in [0.2, 0.25) is 5.02 Å². The Kier molecular flexibility index (Phi) is 7.74. The SMILES string of the molecule is O=C(O)[C@@]1(NS(=O)(=O)c2ccc(-c3ccc(Cl)cc3)cc2)C[C@H]1c1cccc(OCCN2CCOCC2)c1. The number of ether oxygens (including phenoxy) is 2. The lowest BCUT2D eigenvalue weighted by atomic mass is 10.1. The zero-order valence-corrected chi connectivity index (χ0v) is 22.2. The number of carbonyl (C=O) groups is 1. The van der Waals surface area contributed by atoms with Gasteiger partial charge in [-0.1, -0.05) is 48.0 Å². The first kappa shape index (κ1) is 26.6. The Morgan fingerprint density at radius 2 is 1.71 bits per heavy atom. The van der Waals surface area contributed by atoms with Crippen LogP contribution in [0.15, 0.2) is 77.7 Å². The van der Waals surface area contributed by atoms with Crippen molar-refractivity contribution in [3.05, 3.63) is 83.4 Å². The lowest BCUT2D eigenvalue weighted by molar-refractivity contribution is -0.140. The molecule has 200 valence electrons. The third kappa shape index (κ3) is 5.87. The maximum Gasteiger partial charge on any atom is 0.325 e. The number of carboxylic acids is 1. The summed E-state index contributed by atoms with van der Waals surface area (Å²) in [6, 6.07) is 20.8. The van der Waals surface area contributed by atoms with Crippen LogP contribution < -0.4 is 9.46 Å². The minimum atomic E-state index is -4.08. The van der Waals surface area contributed by atoms with Gasteiger partial charge >= 0.3 is 5.97 Å². The van der Waals surface area contributed by atoms with Gasteiger partial charge in [-0.2, -0.15) is 4.72 Å². The molecule has 0 amide bonds. The Labute approximate surface area is 227 Å². The molecule has 38 heavy (non-hydrogen) atoms. The molecule has 1 heterocycles. The van der Waals surface area contributed by atoms with Crippen LogP contribution in [-0.4, -0.2) is 69.4 Å². The molecule has 1 saturated heterocycles. The topological polar surface area (TPSA) is 105 Å². The summed E-state index contributed by atoms with van der Waals surface area (Å²) in [5.74, 6) is -1.09. The van der Waals surface area contributed by atoms with E-state index in [1.807, 2.05) is 18.2 Å². The molecule has 3 aromatic rings. The average Bonchev–Trinajstić information content (AvgIpc) is 3.65. The van der Waals surface area contributed by atoms with Crippen molar-refractivity contribution in [1.29, 1.82) is 0 Å². The van der Waals surface area contributed by atoms with Gasteiger partial charge in [0.15, 0.2) is 0 Å². The van der Waals surface area contributed by atoms with Crippen LogP contribution in [0, 0.1) is 0 Å². The van der Waals surface area contributed by atoms with E-state index >= 15 is 0 Å². The van der Waals surface area contributed by atoms with Gasteiger partial charge in [-0.25, -0.2) is 8.42 Å². The summed E-state index contributed by atoms with van der Waals surface area (Å²) >= 11 is 5.95. The van der Waals surface area contributed by atoms with Crippen molar-refractivity contribution < 1.29 is 27.8 Å². The van der Waals surface area contributed by atoms with E-state index in [0.29, 0.717) is 17.4 Å². The number of morpholine rings is 1. The number of hydrogen-bond donors (Lipinski definition) is 2. The second-order valence-corrected chi connectivity index (χ2v) is 11.7. The van der Waals surface area contributed by atoms with E-state index in [2.05, 4.69) is 9.62 Å². The number of halogens is 1. The van der Waals surface area contributed by atoms with Crippen molar-refractivity contribution in [2.75, 3.05) is 39.5 Å². The Balaban J connectivity index is 1.26. The molecule has 1 saturated carbocycles. The molecule has 1 aliphatic heterocycles. The summed E-state index contributed by atoms with van der Waals surface area (Å²) in [5, 5.41) is 10.6. The van der Waals surface area contributed by atoms with Gasteiger partial charge in [0, 0.05) is 30.6 Å². The van der Waals surface area contributed by atoms with Gasteiger partial charge in [0.05, 0.1) is 18.1 Å². The van der Waals surface area contributed by atoms with Gasteiger partial charge in [0.2, 0.25) is 10.0 Å². The molecule has 2 atom stereocenters. The Hall–Kier alpha value is -2.95. The van der Waals surface area contributed by atoms with Crippen molar-refractivity contribution >= 4 is 27.6 Å². The zero-order valence-electron chi connectivity index (χ0n) is 20.7. The van der Waals surface area contributed by atoms with Crippen LogP contribution in [-0.2, 0) is 19.6 Å². The highest BCUT2D eigenvalue weighted by Crippen LogP contribution is 2.53. The fourth-order valence-electron chi connectivity index (χ4n) is 4.76. The van der Waals surface area contributed by atoms with E-state index in [1.54, 1.807) is 42.5 Å². The van der Waals surface area contributed by atoms with Crippen LogP contribution in [0.3, 0.4) is 0 Å². The predicted octanol–water partition coefficient (Wildman–Crippen LogP) is 4.01. The fraction of sp³-hybridized carbons (Fsp3) is 0.321. The van der Waals surface area contributed by atoms with Crippen LogP contribution >= 0.6 is 11.6 Å².